The Labute approximate surface area is 216 Å². The third kappa shape index (κ3) is 6.10. The standard InChI is InChI=1S/C20H19F3N4O5S.C3H7NO/c1-19(2,20(21,22)23)32-18(28)25-13-6-7-15-14(11-13)27(9-10-31-15)33(29,30)17-12-24-16-5-3-4-8-26(16)17;1-3(5)4-2/h3-8,11-12H,9-10H2,1-2H3,(H,25,28);1-2H3,(H,4,5). The van der Waals surface area contributed by atoms with E-state index in [0.717, 1.165) is 18.2 Å². The molecule has 38 heavy (non-hydrogen) atoms. The Morgan fingerprint density at radius 3 is 2.47 bits per heavy atom. The molecule has 1 aliphatic heterocycles. The fraction of sp³-hybridized carbons (Fsp3) is 0.348. The highest BCUT2D eigenvalue weighted by Gasteiger charge is 2.51. The van der Waals surface area contributed by atoms with Crippen LogP contribution in [0.5, 0.6) is 5.75 Å². The molecule has 0 fully saturated rings. The van der Waals surface area contributed by atoms with E-state index in [0.29, 0.717) is 5.65 Å². The van der Waals surface area contributed by atoms with Crippen molar-refractivity contribution in [3.63, 3.8) is 0 Å². The maximum atomic E-state index is 13.4. The minimum Gasteiger partial charge on any atom is -0.489 e. The summed E-state index contributed by atoms with van der Waals surface area (Å²) in [6.07, 6.45) is -3.32. The van der Waals surface area contributed by atoms with Gasteiger partial charge in [0.05, 0.1) is 18.4 Å². The van der Waals surface area contributed by atoms with Crippen molar-refractivity contribution in [2.24, 2.45) is 0 Å². The first-order valence-corrected chi connectivity index (χ1v) is 12.6. The zero-order valence-electron chi connectivity index (χ0n) is 20.9. The summed E-state index contributed by atoms with van der Waals surface area (Å²) in [5.41, 5.74) is -2.14. The van der Waals surface area contributed by atoms with Gasteiger partial charge in [-0.05, 0) is 44.2 Å². The number of benzene rings is 1. The largest absolute Gasteiger partial charge is 0.489 e. The van der Waals surface area contributed by atoms with Crippen LogP contribution in [0.2, 0.25) is 0 Å². The van der Waals surface area contributed by atoms with E-state index in [1.165, 1.54) is 35.7 Å². The topological polar surface area (TPSA) is 131 Å². The molecule has 1 aromatic carbocycles. The van der Waals surface area contributed by atoms with Crippen molar-refractivity contribution in [1.82, 2.24) is 14.7 Å². The van der Waals surface area contributed by atoms with E-state index in [9.17, 15) is 31.2 Å². The lowest BCUT2D eigenvalue weighted by atomic mass is 10.1. The fourth-order valence-corrected chi connectivity index (χ4v) is 4.70. The Kier molecular flexibility index (Phi) is 8.09. The van der Waals surface area contributed by atoms with Gasteiger partial charge in [-0.15, -0.1) is 0 Å². The van der Waals surface area contributed by atoms with Crippen LogP contribution in [0.4, 0.5) is 29.3 Å². The number of ether oxygens (including phenoxy) is 2. The molecule has 0 atom stereocenters. The Bertz CT molecular complexity index is 1440. The number of carbonyl (C=O) groups excluding carboxylic acids is 2. The zero-order chi connectivity index (χ0) is 28.3. The highest BCUT2D eigenvalue weighted by molar-refractivity contribution is 7.92. The van der Waals surface area contributed by atoms with Gasteiger partial charge in [-0.2, -0.15) is 21.6 Å². The van der Waals surface area contributed by atoms with Gasteiger partial charge in [0.1, 0.15) is 18.0 Å². The number of amides is 2. The van der Waals surface area contributed by atoms with Crippen molar-refractivity contribution in [2.75, 3.05) is 29.8 Å². The van der Waals surface area contributed by atoms with Gasteiger partial charge in [-0.25, -0.2) is 9.78 Å². The SMILES string of the molecule is CC(C)(OC(=O)Nc1ccc2c(c1)N(S(=O)(=O)c1cnc3ccccn13)CCO2)C(F)(F)F.CNC(C)=O. The first kappa shape index (κ1) is 28.6. The number of carbonyl (C=O) groups is 2. The first-order valence-electron chi connectivity index (χ1n) is 11.1. The average Bonchev–Trinajstić information content (AvgIpc) is 3.28. The van der Waals surface area contributed by atoms with Gasteiger partial charge in [0.15, 0.2) is 5.03 Å². The van der Waals surface area contributed by atoms with E-state index in [1.807, 2.05) is 0 Å². The molecule has 1 aliphatic rings. The number of halogens is 3. The third-order valence-electron chi connectivity index (χ3n) is 5.35. The molecule has 0 spiro atoms. The maximum absolute atomic E-state index is 13.4. The Balaban J connectivity index is 0.000000732. The normalized spacial score (nSPS) is 13.5. The highest BCUT2D eigenvalue weighted by atomic mass is 32.2. The van der Waals surface area contributed by atoms with E-state index in [1.54, 1.807) is 31.4 Å². The number of sulfonamides is 1. The molecule has 2 N–H and O–H groups in total. The van der Waals surface area contributed by atoms with Gasteiger partial charge in [-0.1, -0.05) is 6.07 Å². The lowest BCUT2D eigenvalue weighted by molar-refractivity contribution is -0.242. The number of fused-ring (bicyclic) bond motifs is 2. The van der Waals surface area contributed by atoms with E-state index in [2.05, 4.69) is 20.4 Å². The summed E-state index contributed by atoms with van der Waals surface area (Å²) in [6, 6.07) is 9.11. The van der Waals surface area contributed by atoms with Crippen LogP contribution in [0.25, 0.3) is 5.65 Å². The molecule has 3 aromatic rings. The number of hydrogen-bond donors (Lipinski definition) is 2. The molecule has 0 unspecified atom stereocenters. The molecule has 0 bridgehead atoms. The Morgan fingerprint density at radius 1 is 1.16 bits per heavy atom. The van der Waals surface area contributed by atoms with Gasteiger partial charge >= 0.3 is 12.3 Å². The Hall–Kier alpha value is -4.01. The van der Waals surface area contributed by atoms with Gasteiger partial charge in [0.25, 0.3) is 10.0 Å². The molecular formula is C23H26F3N5O6S. The fourth-order valence-electron chi connectivity index (χ4n) is 3.17. The van der Waals surface area contributed by atoms with Crippen molar-refractivity contribution < 1.29 is 40.7 Å². The van der Waals surface area contributed by atoms with Gasteiger partial charge < -0.3 is 14.8 Å². The number of imidazole rings is 1. The first-order chi connectivity index (χ1) is 17.7. The molecule has 0 aliphatic carbocycles. The molecular weight excluding hydrogens is 531 g/mol. The van der Waals surface area contributed by atoms with E-state index in [-0.39, 0.29) is 41.2 Å². The summed E-state index contributed by atoms with van der Waals surface area (Å²) in [5.74, 6) is 0.234. The van der Waals surface area contributed by atoms with Crippen LogP contribution in [0, 0.1) is 0 Å². The summed E-state index contributed by atoms with van der Waals surface area (Å²) in [5, 5.41) is 4.52. The smallest absolute Gasteiger partial charge is 0.427 e. The van der Waals surface area contributed by atoms with Crippen molar-refractivity contribution in [1.29, 1.82) is 0 Å². The minimum absolute atomic E-state index is 0.00463. The van der Waals surface area contributed by atoms with Crippen LogP contribution in [-0.2, 0) is 19.6 Å². The second-order valence-electron chi connectivity index (χ2n) is 8.46. The van der Waals surface area contributed by atoms with Gasteiger partial charge in [0.2, 0.25) is 11.5 Å². The molecule has 11 nitrogen and oxygen atoms in total. The van der Waals surface area contributed by atoms with Crippen LogP contribution in [-0.4, -0.2) is 61.8 Å². The van der Waals surface area contributed by atoms with Crippen LogP contribution < -0.4 is 19.7 Å². The molecule has 3 heterocycles. The van der Waals surface area contributed by atoms with Crippen LogP contribution in [0.3, 0.4) is 0 Å². The van der Waals surface area contributed by atoms with E-state index in [4.69, 9.17) is 4.74 Å². The number of pyridine rings is 1. The molecule has 206 valence electrons. The number of rotatable bonds is 4. The quantitative estimate of drug-likeness (QED) is 0.502. The monoisotopic (exact) mass is 557 g/mol. The second kappa shape index (κ2) is 10.8. The maximum Gasteiger partial charge on any atom is 0.427 e. The van der Waals surface area contributed by atoms with Crippen molar-refractivity contribution in [3.8, 4) is 5.75 Å². The van der Waals surface area contributed by atoms with E-state index >= 15 is 0 Å². The molecule has 2 amide bonds. The van der Waals surface area contributed by atoms with Crippen LogP contribution in [0.1, 0.15) is 20.8 Å². The number of hydrogen-bond acceptors (Lipinski definition) is 7. The number of nitrogens with zero attached hydrogens (tertiary/aromatic N) is 3. The van der Waals surface area contributed by atoms with Gasteiger partial charge in [-0.3, -0.25) is 18.8 Å². The van der Waals surface area contributed by atoms with Gasteiger partial charge in [0, 0.05) is 25.9 Å². The predicted octanol–water partition coefficient (Wildman–Crippen LogP) is 3.56. The molecule has 0 radical (unpaired) electrons. The highest BCUT2D eigenvalue weighted by Crippen LogP contribution is 2.38. The molecule has 4 rings (SSSR count). The van der Waals surface area contributed by atoms with Crippen molar-refractivity contribution >= 4 is 39.0 Å². The van der Waals surface area contributed by atoms with E-state index < -0.39 is 27.9 Å². The number of alkyl halides is 3. The molecule has 15 heteroatoms. The number of anilines is 2. The number of nitrogens with one attached hydrogen (secondary N) is 2. The summed E-state index contributed by atoms with van der Waals surface area (Å²) in [6.45, 7) is 2.97. The van der Waals surface area contributed by atoms with Crippen molar-refractivity contribution in [2.45, 2.75) is 37.6 Å². The Morgan fingerprint density at radius 2 is 1.84 bits per heavy atom. The predicted molar refractivity (Wildman–Crippen MR) is 132 cm³/mol. The zero-order valence-corrected chi connectivity index (χ0v) is 21.7. The van der Waals surface area contributed by atoms with Crippen molar-refractivity contribution in [3.05, 3.63) is 48.8 Å². The summed E-state index contributed by atoms with van der Waals surface area (Å²) in [7, 11) is -2.49. The second-order valence-corrected chi connectivity index (χ2v) is 10.3. The summed E-state index contributed by atoms with van der Waals surface area (Å²) < 4.78 is 78.3. The van der Waals surface area contributed by atoms with Crippen LogP contribution in [0.15, 0.2) is 53.8 Å². The lowest BCUT2D eigenvalue weighted by Gasteiger charge is -2.31. The third-order valence-corrected chi connectivity index (χ3v) is 7.14. The average molecular weight is 558 g/mol. The number of aromatic nitrogens is 2. The summed E-state index contributed by atoms with van der Waals surface area (Å²) in [4.78, 5) is 25.9. The summed E-state index contributed by atoms with van der Waals surface area (Å²) >= 11 is 0. The minimum atomic E-state index is -4.77. The lowest BCUT2D eigenvalue weighted by Crippen LogP contribution is -2.44. The molecule has 0 saturated heterocycles. The van der Waals surface area contributed by atoms with Crippen LogP contribution >= 0.6 is 0 Å². The molecule has 0 saturated carbocycles. The molecule has 2 aromatic heterocycles.